The van der Waals surface area contributed by atoms with Crippen molar-refractivity contribution < 1.29 is 4.74 Å². The molecule has 0 spiro atoms. The fourth-order valence-electron chi connectivity index (χ4n) is 1.44. The summed E-state index contributed by atoms with van der Waals surface area (Å²) in [5.41, 5.74) is 1.04. The molecule has 2 aromatic rings. The summed E-state index contributed by atoms with van der Waals surface area (Å²) in [6.07, 6.45) is 5.04. The second kappa shape index (κ2) is 5.75. The molecular weight excluding hydrogens is 214 g/mol. The maximum absolute atomic E-state index is 5.24. The van der Waals surface area contributed by atoms with Gasteiger partial charge in [0.15, 0.2) is 5.82 Å². The molecule has 2 rings (SSSR count). The van der Waals surface area contributed by atoms with Crippen LogP contribution in [0.1, 0.15) is 11.4 Å². The fraction of sp³-hybridized carbons (Fsp3) is 0.154. The second-order valence-electron chi connectivity index (χ2n) is 3.39. The molecule has 1 aromatic heterocycles. The van der Waals surface area contributed by atoms with Gasteiger partial charge in [0.25, 0.3) is 0 Å². The summed E-state index contributed by atoms with van der Waals surface area (Å²) in [5, 5.41) is 0. The van der Waals surface area contributed by atoms with Gasteiger partial charge in [0.1, 0.15) is 5.75 Å². The normalized spacial score (nSPS) is 10.6. The third-order valence-electron chi connectivity index (χ3n) is 2.25. The highest BCUT2D eigenvalue weighted by atomic mass is 16.5. The highest BCUT2D eigenvalue weighted by Crippen LogP contribution is 2.17. The van der Waals surface area contributed by atoms with Gasteiger partial charge >= 0.3 is 0 Å². The zero-order chi connectivity index (χ0) is 11.9. The van der Waals surface area contributed by atoms with Gasteiger partial charge in [-0.1, -0.05) is 18.2 Å². The van der Waals surface area contributed by atoms with E-state index >= 15 is 0 Å². The Morgan fingerprint density at radius 2 is 1.94 bits per heavy atom. The van der Waals surface area contributed by atoms with Crippen LogP contribution in [0.2, 0.25) is 0 Å². The monoisotopic (exact) mass is 227 g/mol. The van der Waals surface area contributed by atoms with Gasteiger partial charge in [0, 0.05) is 18.0 Å². The average molecular weight is 227 g/mol. The molecule has 0 unspecified atom stereocenters. The van der Waals surface area contributed by atoms with E-state index in [1.165, 1.54) is 0 Å². The van der Waals surface area contributed by atoms with E-state index in [2.05, 4.69) is 15.0 Å². The number of ether oxygens (including phenoxy) is 1. The molecule has 0 atom stereocenters. The Balaban J connectivity index is 2.05. The van der Waals surface area contributed by atoms with Crippen LogP contribution in [0.25, 0.3) is 0 Å². The summed E-state index contributed by atoms with van der Waals surface area (Å²) < 4.78 is 5.24. The van der Waals surface area contributed by atoms with E-state index in [1.54, 1.807) is 31.8 Å². The van der Waals surface area contributed by atoms with Crippen LogP contribution in [0.5, 0.6) is 5.75 Å². The minimum atomic E-state index is 0.558. The van der Waals surface area contributed by atoms with E-state index < -0.39 is 0 Å². The van der Waals surface area contributed by atoms with Crippen LogP contribution in [0.3, 0.4) is 0 Å². The maximum atomic E-state index is 5.24. The van der Waals surface area contributed by atoms with Crippen LogP contribution in [-0.4, -0.2) is 23.3 Å². The molecule has 86 valence electrons. The minimum Gasteiger partial charge on any atom is -0.496 e. The van der Waals surface area contributed by atoms with Crippen molar-refractivity contribution in [3.05, 3.63) is 54.1 Å². The minimum absolute atomic E-state index is 0.558. The molecule has 0 aliphatic rings. The Kier molecular flexibility index (Phi) is 3.81. The number of benzene rings is 1. The van der Waals surface area contributed by atoms with E-state index in [-0.39, 0.29) is 0 Å². The molecule has 0 amide bonds. The van der Waals surface area contributed by atoms with Crippen LogP contribution >= 0.6 is 0 Å². The van der Waals surface area contributed by atoms with Crippen molar-refractivity contribution in [2.45, 2.75) is 6.54 Å². The van der Waals surface area contributed by atoms with Crippen molar-refractivity contribution in [3.63, 3.8) is 0 Å². The Morgan fingerprint density at radius 1 is 1.18 bits per heavy atom. The molecule has 17 heavy (non-hydrogen) atoms. The number of hydrogen-bond acceptors (Lipinski definition) is 4. The van der Waals surface area contributed by atoms with Gasteiger partial charge in [-0.2, -0.15) is 0 Å². The standard InChI is InChI=1S/C13H13N3O/c1-17-12-6-3-2-5-11(12)9-14-10-13-15-7-4-8-16-13/h2-8,10H,9H2,1H3/b14-10-. The molecule has 0 saturated heterocycles. The van der Waals surface area contributed by atoms with Gasteiger partial charge in [-0.25, -0.2) is 9.97 Å². The van der Waals surface area contributed by atoms with E-state index in [4.69, 9.17) is 4.74 Å². The van der Waals surface area contributed by atoms with Gasteiger partial charge in [-0.05, 0) is 12.1 Å². The topological polar surface area (TPSA) is 47.4 Å². The first-order valence-corrected chi connectivity index (χ1v) is 5.29. The SMILES string of the molecule is COc1ccccc1C/N=C\c1ncccn1. The molecule has 0 bridgehead atoms. The van der Waals surface area contributed by atoms with E-state index in [0.29, 0.717) is 12.4 Å². The smallest absolute Gasteiger partial charge is 0.170 e. The Morgan fingerprint density at radius 3 is 2.71 bits per heavy atom. The van der Waals surface area contributed by atoms with Crippen LogP contribution in [0, 0.1) is 0 Å². The lowest BCUT2D eigenvalue weighted by Gasteiger charge is -2.04. The van der Waals surface area contributed by atoms with Crippen LogP contribution < -0.4 is 4.74 Å². The van der Waals surface area contributed by atoms with E-state index in [0.717, 1.165) is 11.3 Å². The highest BCUT2D eigenvalue weighted by Gasteiger charge is 1.99. The Hall–Kier alpha value is -2.23. The molecule has 4 nitrogen and oxygen atoms in total. The van der Waals surface area contributed by atoms with Crippen LogP contribution in [0.15, 0.2) is 47.7 Å². The summed E-state index contributed by atoms with van der Waals surface area (Å²) >= 11 is 0. The quantitative estimate of drug-likeness (QED) is 0.751. The molecule has 0 saturated carbocycles. The first-order valence-electron chi connectivity index (χ1n) is 5.29. The number of methoxy groups -OCH3 is 1. The lowest BCUT2D eigenvalue weighted by atomic mass is 10.2. The number of hydrogen-bond donors (Lipinski definition) is 0. The number of aromatic nitrogens is 2. The highest BCUT2D eigenvalue weighted by molar-refractivity contribution is 5.74. The summed E-state index contributed by atoms with van der Waals surface area (Å²) in [5.74, 6) is 1.46. The zero-order valence-electron chi connectivity index (χ0n) is 9.58. The lowest BCUT2D eigenvalue weighted by Crippen LogP contribution is -1.93. The number of nitrogens with zero attached hydrogens (tertiary/aromatic N) is 3. The summed E-state index contributed by atoms with van der Waals surface area (Å²) in [6.45, 7) is 0.558. The molecular formula is C13H13N3O. The average Bonchev–Trinajstić information content (AvgIpc) is 2.40. The first kappa shape index (κ1) is 11.3. The predicted octanol–water partition coefficient (Wildman–Crippen LogP) is 2.10. The van der Waals surface area contributed by atoms with E-state index in [9.17, 15) is 0 Å². The maximum Gasteiger partial charge on any atom is 0.170 e. The lowest BCUT2D eigenvalue weighted by molar-refractivity contribution is 0.410. The summed E-state index contributed by atoms with van der Waals surface area (Å²) in [4.78, 5) is 12.4. The van der Waals surface area contributed by atoms with Gasteiger partial charge in [0.05, 0.1) is 19.9 Å². The number of rotatable bonds is 4. The molecule has 4 heteroatoms. The van der Waals surface area contributed by atoms with Crippen molar-refractivity contribution in [3.8, 4) is 5.75 Å². The summed E-state index contributed by atoms with van der Waals surface area (Å²) in [7, 11) is 1.66. The molecule has 0 fully saturated rings. The molecule has 0 N–H and O–H groups in total. The van der Waals surface area contributed by atoms with Gasteiger partial charge in [-0.15, -0.1) is 0 Å². The fourth-order valence-corrected chi connectivity index (χ4v) is 1.44. The Bertz CT molecular complexity index is 497. The molecule has 1 aromatic carbocycles. The first-order chi connectivity index (χ1) is 8.40. The number of para-hydroxylation sites is 1. The molecule has 0 aliphatic heterocycles. The third-order valence-corrected chi connectivity index (χ3v) is 2.25. The van der Waals surface area contributed by atoms with Crippen molar-refractivity contribution in [1.29, 1.82) is 0 Å². The van der Waals surface area contributed by atoms with Crippen molar-refractivity contribution in [2.24, 2.45) is 4.99 Å². The summed E-state index contributed by atoms with van der Waals surface area (Å²) in [6, 6.07) is 9.59. The van der Waals surface area contributed by atoms with Crippen molar-refractivity contribution in [1.82, 2.24) is 9.97 Å². The van der Waals surface area contributed by atoms with Gasteiger partial charge < -0.3 is 4.74 Å². The number of aliphatic imine (C=N–C) groups is 1. The van der Waals surface area contributed by atoms with Crippen LogP contribution in [0.4, 0.5) is 0 Å². The molecule has 0 radical (unpaired) electrons. The molecule has 0 aliphatic carbocycles. The molecule has 1 heterocycles. The van der Waals surface area contributed by atoms with Gasteiger partial charge in [0.2, 0.25) is 0 Å². The van der Waals surface area contributed by atoms with E-state index in [1.807, 2.05) is 24.3 Å². The largest absolute Gasteiger partial charge is 0.496 e. The van der Waals surface area contributed by atoms with Gasteiger partial charge in [-0.3, -0.25) is 4.99 Å². The van der Waals surface area contributed by atoms with Crippen molar-refractivity contribution in [2.75, 3.05) is 7.11 Å². The van der Waals surface area contributed by atoms with Crippen LogP contribution in [-0.2, 0) is 6.54 Å². The zero-order valence-corrected chi connectivity index (χ0v) is 9.58. The Labute approximate surface area is 100 Å². The van der Waals surface area contributed by atoms with Crippen molar-refractivity contribution >= 4 is 6.21 Å². The second-order valence-corrected chi connectivity index (χ2v) is 3.39. The predicted molar refractivity (Wildman–Crippen MR) is 66.3 cm³/mol. The third kappa shape index (κ3) is 3.11.